The summed E-state index contributed by atoms with van der Waals surface area (Å²) in [6, 6.07) is 8.95. The smallest absolute Gasteiger partial charge is 0.135 e. The van der Waals surface area contributed by atoms with Crippen LogP contribution >= 0.6 is 46.4 Å². The highest BCUT2D eigenvalue weighted by Gasteiger charge is 1.95. The summed E-state index contributed by atoms with van der Waals surface area (Å²) in [6.45, 7) is 0. The second kappa shape index (κ2) is 6.95. The highest BCUT2D eigenvalue weighted by molar-refractivity contribution is 6.35. The Kier molecular flexibility index (Phi) is 5.89. The SMILES string of the molecule is Oc1cc(Cl)cc(Cl)c1.Oc1cc(Cl)ccc1Cl. The fraction of sp³-hybridized carbons (Fsp3) is 0. The molecule has 0 bridgehead atoms. The number of phenols is 2. The zero-order chi connectivity index (χ0) is 13.7. The Hall–Kier alpha value is -0.800. The maximum absolute atomic E-state index is 8.88. The molecule has 2 rings (SSSR count). The van der Waals surface area contributed by atoms with Gasteiger partial charge in [0, 0.05) is 21.1 Å². The van der Waals surface area contributed by atoms with Gasteiger partial charge in [0.2, 0.25) is 0 Å². The van der Waals surface area contributed by atoms with Gasteiger partial charge in [0.1, 0.15) is 11.5 Å². The summed E-state index contributed by atoms with van der Waals surface area (Å²) in [5.74, 6) is 0.108. The van der Waals surface area contributed by atoms with Crippen molar-refractivity contribution in [3.63, 3.8) is 0 Å². The summed E-state index contributed by atoms with van der Waals surface area (Å²) < 4.78 is 0. The van der Waals surface area contributed by atoms with Crippen molar-refractivity contribution in [2.45, 2.75) is 0 Å². The molecule has 0 saturated carbocycles. The van der Waals surface area contributed by atoms with E-state index in [0.717, 1.165) is 0 Å². The van der Waals surface area contributed by atoms with Crippen LogP contribution in [0.25, 0.3) is 0 Å². The lowest BCUT2D eigenvalue weighted by Gasteiger charge is -1.93. The number of benzene rings is 2. The molecular weight excluding hydrogens is 318 g/mol. The molecule has 0 amide bonds. The first-order valence-electron chi connectivity index (χ1n) is 4.67. The predicted molar refractivity (Wildman–Crippen MR) is 76.3 cm³/mol. The molecule has 96 valence electrons. The van der Waals surface area contributed by atoms with Gasteiger partial charge in [-0.05, 0) is 30.3 Å². The maximum atomic E-state index is 8.88. The third kappa shape index (κ3) is 5.23. The van der Waals surface area contributed by atoms with Crippen LogP contribution in [-0.2, 0) is 0 Å². The van der Waals surface area contributed by atoms with Gasteiger partial charge in [0.15, 0.2) is 0 Å². The van der Waals surface area contributed by atoms with Gasteiger partial charge >= 0.3 is 0 Å². The molecule has 18 heavy (non-hydrogen) atoms. The second-order valence-corrected chi connectivity index (χ2v) is 4.94. The fourth-order valence-corrected chi connectivity index (χ4v) is 1.82. The Morgan fingerprint density at radius 1 is 0.667 bits per heavy atom. The number of phenolic OH excluding ortho intramolecular Hbond substituents is 2. The molecule has 2 N–H and O–H groups in total. The molecule has 0 radical (unpaired) electrons. The molecule has 6 heteroatoms. The number of hydrogen-bond acceptors (Lipinski definition) is 2. The molecule has 0 aliphatic carbocycles. The largest absolute Gasteiger partial charge is 0.508 e. The van der Waals surface area contributed by atoms with Gasteiger partial charge in [-0.25, -0.2) is 0 Å². The average Bonchev–Trinajstić information content (AvgIpc) is 2.23. The minimum Gasteiger partial charge on any atom is -0.508 e. The van der Waals surface area contributed by atoms with Gasteiger partial charge in [-0.15, -0.1) is 0 Å². The summed E-state index contributed by atoms with van der Waals surface area (Å²) in [4.78, 5) is 0. The van der Waals surface area contributed by atoms with Crippen molar-refractivity contribution in [2.24, 2.45) is 0 Å². The number of hydrogen-bond donors (Lipinski definition) is 2. The molecular formula is C12H8Cl4O2. The third-order valence-electron chi connectivity index (χ3n) is 1.76. The van der Waals surface area contributed by atoms with E-state index in [4.69, 9.17) is 56.6 Å². The Labute approximate surface area is 124 Å². The van der Waals surface area contributed by atoms with Gasteiger partial charge in [-0.2, -0.15) is 0 Å². The lowest BCUT2D eigenvalue weighted by atomic mass is 10.3. The van der Waals surface area contributed by atoms with E-state index in [9.17, 15) is 0 Å². The van der Waals surface area contributed by atoms with Crippen molar-refractivity contribution in [2.75, 3.05) is 0 Å². The first kappa shape index (κ1) is 15.3. The van der Waals surface area contributed by atoms with E-state index in [-0.39, 0.29) is 11.5 Å². The highest BCUT2D eigenvalue weighted by atomic mass is 35.5. The van der Waals surface area contributed by atoms with Gasteiger partial charge in [0.05, 0.1) is 5.02 Å². The molecule has 2 aromatic carbocycles. The molecule has 0 unspecified atom stereocenters. The molecule has 0 aliphatic heterocycles. The van der Waals surface area contributed by atoms with Crippen LogP contribution in [0.5, 0.6) is 11.5 Å². The molecule has 0 aliphatic rings. The molecule has 0 heterocycles. The van der Waals surface area contributed by atoms with E-state index in [1.54, 1.807) is 18.2 Å². The molecule has 0 saturated heterocycles. The van der Waals surface area contributed by atoms with Gasteiger partial charge < -0.3 is 10.2 Å². The first-order valence-corrected chi connectivity index (χ1v) is 6.19. The van der Waals surface area contributed by atoms with E-state index in [0.29, 0.717) is 20.1 Å². The lowest BCUT2D eigenvalue weighted by Crippen LogP contribution is -1.66. The van der Waals surface area contributed by atoms with Crippen molar-refractivity contribution in [3.05, 3.63) is 56.5 Å². The van der Waals surface area contributed by atoms with Gasteiger partial charge in [-0.1, -0.05) is 46.4 Å². The highest BCUT2D eigenvalue weighted by Crippen LogP contribution is 2.25. The quantitative estimate of drug-likeness (QED) is 0.681. The summed E-state index contributed by atoms with van der Waals surface area (Å²) in [7, 11) is 0. The third-order valence-corrected chi connectivity index (χ3v) is 2.75. The lowest BCUT2D eigenvalue weighted by molar-refractivity contribution is 0.475. The minimum atomic E-state index is 0.0177. The minimum absolute atomic E-state index is 0.0177. The average molecular weight is 326 g/mol. The van der Waals surface area contributed by atoms with E-state index in [2.05, 4.69) is 0 Å². The summed E-state index contributed by atoms with van der Waals surface area (Å²) in [6.07, 6.45) is 0. The fourth-order valence-electron chi connectivity index (χ4n) is 1.03. The van der Waals surface area contributed by atoms with Crippen molar-refractivity contribution in [1.82, 2.24) is 0 Å². The number of aromatic hydroxyl groups is 2. The van der Waals surface area contributed by atoms with Crippen molar-refractivity contribution < 1.29 is 10.2 Å². The second-order valence-electron chi connectivity index (χ2n) is 3.22. The molecule has 0 fully saturated rings. The van der Waals surface area contributed by atoms with Crippen LogP contribution in [0.15, 0.2) is 36.4 Å². The normalized spacial score (nSPS) is 9.56. The van der Waals surface area contributed by atoms with Crippen LogP contribution < -0.4 is 0 Å². The molecule has 2 aromatic rings. The number of rotatable bonds is 0. The van der Waals surface area contributed by atoms with Crippen molar-refractivity contribution in [1.29, 1.82) is 0 Å². The Morgan fingerprint density at radius 2 is 1.22 bits per heavy atom. The van der Waals surface area contributed by atoms with E-state index < -0.39 is 0 Å². The Balaban J connectivity index is 0.000000180. The number of halogens is 4. The van der Waals surface area contributed by atoms with E-state index in [1.807, 2.05) is 0 Å². The summed E-state index contributed by atoms with van der Waals surface area (Å²) in [5, 5.41) is 19.4. The zero-order valence-corrected chi connectivity index (χ0v) is 11.9. The summed E-state index contributed by atoms with van der Waals surface area (Å²) in [5.41, 5.74) is 0. The van der Waals surface area contributed by atoms with Crippen LogP contribution in [0, 0.1) is 0 Å². The maximum Gasteiger partial charge on any atom is 0.135 e. The molecule has 0 aromatic heterocycles. The van der Waals surface area contributed by atoms with Crippen LogP contribution in [0.1, 0.15) is 0 Å². The van der Waals surface area contributed by atoms with E-state index >= 15 is 0 Å². The van der Waals surface area contributed by atoms with Crippen LogP contribution in [0.2, 0.25) is 20.1 Å². The Bertz CT molecular complexity index is 493. The van der Waals surface area contributed by atoms with Crippen LogP contribution in [0.3, 0.4) is 0 Å². The zero-order valence-electron chi connectivity index (χ0n) is 8.87. The molecule has 0 spiro atoms. The monoisotopic (exact) mass is 324 g/mol. The van der Waals surface area contributed by atoms with Gasteiger partial charge in [-0.3, -0.25) is 0 Å². The summed E-state index contributed by atoms with van der Waals surface area (Å²) >= 11 is 22.0. The van der Waals surface area contributed by atoms with Crippen LogP contribution in [-0.4, -0.2) is 10.2 Å². The van der Waals surface area contributed by atoms with Crippen molar-refractivity contribution in [3.8, 4) is 11.5 Å². The van der Waals surface area contributed by atoms with E-state index in [1.165, 1.54) is 18.2 Å². The van der Waals surface area contributed by atoms with Crippen LogP contribution in [0.4, 0.5) is 0 Å². The Morgan fingerprint density at radius 3 is 1.61 bits per heavy atom. The van der Waals surface area contributed by atoms with Crippen molar-refractivity contribution >= 4 is 46.4 Å². The molecule has 0 atom stereocenters. The standard InChI is InChI=1S/2C6H4Cl2O/c7-4-1-5(8)3-6(9)2-4;7-4-1-2-5(8)6(9)3-4/h2*1-3,9H. The predicted octanol–water partition coefficient (Wildman–Crippen LogP) is 5.40. The first-order chi connectivity index (χ1) is 8.38. The topological polar surface area (TPSA) is 40.5 Å². The van der Waals surface area contributed by atoms with Gasteiger partial charge in [0.25, 0.3) is 0 Å². The molecule has 2 nitrogen and oxygen atoms in total.